The number of ketones is 1. The van der Waals surface area contributed by atoms with Gasteiger partial charge in [0, 0.05) is 98.6 Å². The van der Waals surface area contributed by atoms with Crippen molar-refractivity contribution in [3.63, 3.8) is 0 Å². The van der Waals surface area contributed by atoms with Crippen LogP contribution in [0.4, 0.5) is 0 Å². The summed E-state index contributed by atoms with van der Waals surface area (Å²) >= 11 is 0. The van der Waals surface area contributed by atoms with E-state index < -0.39 is 5.60 Å². The number of phenols is 1. The molecule has 18 rings (SSSR count). The first-order chi connectivity index (χ1) is 49.9. The van der Waals surface area contributed by atoms with Crippen LogP contribution in [0.1, 0.15) is 173 Å². The Morgan fingerprint density at radius 3 is 1.38 bits per heavy atom. The molecule has 10 aliphatic heterocycles. The van der Waals surface area contributed by atoms with E-state index >= 15 is 0 Å². The number of nitrogens with one attached hydrogen (secondary N) is 2. The zero-order valence-electron chi connectivity index (χ0n) is 61.6. The Morgan fingerprint density at radius 1 is 0.452 bits per heavy atom. The van der Waals surface area contributed by atoms with E-state index in [1.165, 1.54) is 129 Å². The molecule has 12 atom stereocenters. The molecule has 10 heterocycles. The van der Waals surface area contributed by atoms with E-state index in [4.69, 9.17) is 18.9 Å². The molecule has 9 fully saturated rings. The van der Waals surface area contributed by atoms with E-state index in [1.54, 1.807) is 40.6 Å². The van der Waals surface area contributed by atoms with E-state index in [2.05, 4.69) is 171 Å². The van der Waals surface area contributed by atoms with Gasteiger partial charge in [-0.1, -0.05) is 146 Å². The number of benzene rings is 8. The maximum Gasteiger partial charge on any atom is 2.00 e. The van der Waals surface area contributed by atoms with Crippen molar-refractivity contribution in [2.75, 3.05) is 28.4 Å². The van der Waals surface area contributed by atoms with Gasteiger partial charge in [-0.3, -0.25) is 19.5 Å². The monoisotopic (exact) mass is 1470 g/mol. The Balaban J connectivity index is 0.000000127. The normalized spacial score (nSPS) is 27.2. The third-order valence-corrected chi connectivity index (χ3v) is 23.6. The van der Waals surface area contributed by atoms with Crippen molar-refractivity contribution in [1.29, 1.82) is 0 Å². The van der Waals surface area contributed by atoms with Crippen molar-refractivity contribution < 1.29 is 50.9 Å². The van der Waals surface area contributed by atoms with Gasteiger partial charge in [-0.05, 0) is 214 Å². The van der Waals surface area contributed by atoms with Gasteiger partial charge in [0.05, 0.1) is 34.0 Å². The molecule has 0 saturated carbocycles. The number of aromatic hydroxyl groups is 1. The first-order valence-electron chi connectivity index (χ1n) is 38.0. The number of ether oxygens (including phenoxy) is 4. The maximum atomic E-state index is 11.5. The number of fused-ring (bicyclic) bond motifs is 10. The zero-order valence-corrected chi connectivity index (χ0v) is 64.6. The standard InChI is InChI=1S/C21H25NO2.C21H23NO.C14H19NO.C14H17NO.C13H17NO.C7H7O.BrH.Mg/c1-24-20-9-5-8-17(12-20)21(23)13-18-10-11-19(14-21)22(18)15-16-6-3-2-4-7-16;1-23-21-9-5-8-17(14-21)18-12-19-10-11-20(13-18)22(19)15-16-6-3-2-4-7-16;1-16-14-4-2-3-10(9-14)11-7-12-5-6-13(8-11)15-12;16-14-8-12-6-7-13(9-14)15(12)10-11-4-2-1-3-5-11;15-13-3-1-2-9(8-13)10-6-11-4-5-12(7-10)14-11;1-8-7-5-3-2-4-6-7;;/h2-9,12,18-19,23H,10-11,13-15H2,1H3;2-9,12,14,19-20H,10-11,13,15H2,1H3;2-4,9,11-13,15H,5-8H2,1H3;1-5,12-13H,6-10H2;1-3,8,10-12,14-15H,4-7H2;2-3,5-6H,1H3;1H;/q;;;;;-1;;+2/p-1/t;;11?,12-,13+;;10?,11-,12+;;;. The van der Waals surface area contributed by atoms with Gasteiger partial charge in [0.1, 0.15) is 28.8 Å². The number of piperidine rings is 4. The van der Waals surface area contributed by atoms with E-state index in [0.29, 0.717) is 53.7 Å². The number of hydrogen-bond acceptors (Lipinski definition) is 12. The van der Waals surface area contributed by atoms with Crippen molar-refractivity contribution in [2.24, 2.45) is 0 Å². The van der Waals surface area contributed by atoms with Gasteiger partial charge in [0.25, 0.3) is 0 Å². The molecule has 0 aliphatic carbocycles. The summed E-state index contributed by atoms with van der Waals surface area (Å²) in [5.41, 5.74) is 10.00. The predicted octanol–water partition coefficient (Wildman–Crippen LogP) is 13.8. The predicted molar refractivity (Wildman–Crippen MR) is 415 cm³/mol. The van der Waals surface area contributed by atoms with Gasteiger partial charge >= 0.3 is 23.1 Å². The van der Waals surface area contributed by atoms with E-state index in [1.807, 2.05) is 66.7 Å². The molecule has 104 heavy (non-hydrogen) atoms. The number of carbonyl (C=O) groups is 1. The first-order valence-corrected chi connectivity index (χ1v) is 38.0. The number of hydrogen-bond donors (Lipinski definition) is 4. The number of carbonyl (C=O) groups excluding carboxylic acids is 1. The number of Topliss-reactive ketones (excluding diaryl/α,β-unsaturated/α-hetero) is 1. The zero-order chi connectivity index (χ0) is 70.2. The molecule has 4 N–H and O–H groups in total. The van der Waals surface area contributed by atoms with Crippen LogP contribution in [-0.4, -0.2) is 143 Å². The summed E-state index contributed by atoms with van der Waals surface area (Å²) in [6, 6.07) is 81.3. The van der Waals surface area contributed by atoms with Gasteiger partial charge in [0.15, 0.2) is 0 Å². The topological polar surface area (TPSA) is 128 Å². The molecule has 8 aromatic carbocycles. The van der Waals surface area contributed by atoms with Crippen LogP contribution in [0.5, 0.6) is 28.7 Å². The van der Waals surface area contributed by atoms with Gasteiger partial charge in [-0.15, -0.1) is 12.1 Å². The quantitative estimate of drug-likeness (QED) is 0.0611. The minimum Gasteiger partial charge on any atom is -1.00 e. The summed E-state index contributed by atoms with van der Waals surface area (Å²) in [5.74, 6) is 5.86. The fourth-order valence-electron chi connectivity index (χ4n) is 18.5. The second-order valence-corrected chi connectivity index (χ2v) is 30.2. The number of methoxy groups -OCH3 is 4. The molecule has 12 nitrogen and oxygen atoms in total. The first kappa shape index (κ1) is 78.3. The average Bonchev–Trinajstić information content (AvgIpc) is 1.56. The van der Waals surface area contributed by atoms with Crippen molar-refractivity contribution in [2.45, 2.75) is 219 Å². The van der Waals surface area contributed by atoms with E-state index in [9.17, 15) is 15.0 Å². The minimum atomic E-state index is -0.729. The smallest absolute Gasteiger partial charge is 1.00 e. The molecule has 0 aromatic heterocycles. The number of rotatable bonds is 14. The molecule has 0 radical (unpaired) electrons. The van der Waals surface area contributed by atoms with Crippen molar-refractivity contribution in [1.82, 2.24) is 25.3 Å². The summed E-state index contributed by atoms with van der Waals surface area (Å²) < 4.78 is 20.9. The Labute approximate surface area is 646 Å². The molecular formula is C90H108BrMgN5O7. The SMILES string of the molecule is COc1c[c-]ccc1.COc1cccc(C2(O)CC3CCC(C2)N3Cc2ccccc2)c1.COc1cccc(C2=CC3CCC(C2)N3Cc2ccccc2)c1.COc1cccc(C2C[C@H]3CC[C@@H](C2)N3)c1.O=C1CC2CCC(C1)N2Cc1ccccc1.Oc1cccc(C2C[C@H]3CC[C@@H](C2)N3)c1.[Br-].[Mg+2]. The van der Waals surface area contributed by atoms with Gasteiger partial charge < -0.3 is 56.8 Å². The van der Waals surface area contributed by atoms with E-state index in [0.717, 1.165) is 110 Å². The maximum absolute atomic E-state index is 11.5. The Bertz CT molecular complexity index is 3910. The summed E-state index contributed by atoms with van der Waals surface area (Å²) in [7, 11) is 6.80. The van der Waals surface area contributed by atoms with Gasteiger partial charge in [-0.2, -0.15) is 18.2 Å². The van der Waals surface area contributed by atoms with Gasteiger partial charge in [0.2, 0.25) is 0 Å². The fraction of sp³-hybridized carbons (Fsp3) is 0.433. The van der Waals surface area contributed by atoms with Crippen molar-refractivity contribution in [3.8, 4) is 28.7 Å². The third-order valence-electron chi connectivity index (χ3n) is 23.6. The molecule has 0 spiro atoms. The average molecular weight is 1480 g/mol. The van der Waals surface area contributed by atoms with Crippen LogP contribution in [0, 0.1) is 6.07 Å². The number of nitrogens with zero attached hydrogens (tertiary/aromatic N) is 3. The van der Waals surface area contributed by atoms with Crippen LogP contribution in [0.3, 0.4) is 0 Å². The Kier molecular flexibility index (Phi) is 28.7. The summed E-state index contributed by atoms with van der Waals surface area (Å²) in [6.07, 6.45) is 24.7. The van der Waals surface area contributed by atoms with Crippen LogP contribution in [-0.2, 0) is 30.0 Å². The molecule has 0 amide bonds. The van der Waals surface area contributed by atoms with Crippen LogP contribution in [0.15, 0.2) is 218 Å². The molecule has 8 aromatic rings. The molecular weight excluding hydrogens is 1370 g/mol. The van der Waals surface area contributed by atoms with Crippen molar-refractivity contribution in [3.05, 3.63) is 263 Å². The second-order valence-electron chi connectivity index (χ2n) is 30.2. The fourth-order valence-corrected chi connectivity index (χ4v) is 18.5. The molecule has 544 valence electrons. The number of phenolic OH excluding ortho intramolecular Hbond substituents is 1. The minimum absolute atomic E-state index is 0. The molecule has 8 unspecified atom stereocenters. The Hall–Kier alpha value is -6.82. The van der Waals surface area contributed by atoms with Crippen LogP contribution >= 0.6 is 0 Å². The largest absolute Gasteiger partial charge is 2.00 e. The summed E-state index contributed by atoms with van der Waals surface area (Å²) in [5, 5.41) is 28.2. The van der Waals surface area contributed by atoms with Gasteiger partial charge in [-0.25, -0.2) is 0 Å². The molecule has 10 bridgehead atoms. The number of aliphatic hydroxyl groups is 1. The van der Waals surface area contributed by atoms with Crippen LogP contribution in [0.25, 0.3) is 5.57 Å². The second kappa shape index (κ2) is 38.1. The van der Waals surface area contributed by atoms with Crippen molar-refractivity contribution >= 4 is 34.4 Å². The number of halogens is 1. The van der Waals surface area contributed by atoms with Crippen LogP contribution < -0.4 is 46.6 Å². The summed E-state index contributed by atoms with van der Waals surface area (Å²) in [6.45, 7) is 3.08. The molecule has 10 aliphatic rings. The molecule has 14 heteroatoms. The van der Waals surface area contributed by atoms with E-state index in [-0.39, 0.29) is 40.0 Å². The molecule has 9 saturated heterocycles. The third kappa shape index (κ3) is 20.7. The van der Waals surface area contributed by atoms with Crippen LogP contribution in [0.2, 0.25) is 0 Å². The summed E-state index contributed by atoms with van der Waals surface area (Å²) in [4.78, 5) is 19.3. The Morgan fingerprint density at radius 2 is 0.885 bits per heavy atom.